The fourth-order valence-electron chi connectivity index (χ4n) is 3.93. The van der Waals surface area contributed by atoms with Crippen molar-refractivity contribution in [2.24, 2.45) is 0 Å². The third kappa shape index (κ3) is 2.43. The van der Waals surface area contributed by atoms with E-state index in [1.165, 1.54) is 45.0 Å². The summed E-state index contributed by atoms with van der Waals surface area (Å²) in [6.45, 7) is 4.30. The highest BCUT2D eigenvalue weighted by molar-refractivity contribution is 5.95. The molecule has 0 spiro atoms. The number of nitrogens with zero attached hydrogens (tertiary/aromatic N) is 2. The summed E-state index contributed by atoms with van der Waals surface area (Å²) >= 11 is 0. The molecule has 3 aromatic carbocycles. The zero-order chi connectivity index (χ0) is 18.4. The number of ether oxygens (including phenoxy) is 1. The number of aryl methyl sites for hydroxylation is 2. The van der Waals surface area contributed by atoms with Crippen molar-refractivity contribution in [2.45, 2.75) is 13.8 Å². The first-order valence-corrected chi connectivity index (χ1v) is 8.87. The summed E-state index contributed by atoms with van der Waals surface area (Å²) in [5, 5.41) is 0. The van der Waals surface area contributed by atoms with Crippen molar-refractivity contribution in [3.63, 3.8) is 0 Å². The quantitative estimate of drug-likeness (QED) is 0.582. The standard InChI is InChI=1S/C23H24N2O/c1-15-7-6-8-21-23(15)25(4)22-14-17(9-12-20(22)24(21)3)19-11-10-18(26-5)13-16(19)2/h6-14H,1-5H3. The second-order valence-electron chi connectivity index (χ2n) is 6.95. The SMILES string of the molecule is COc1ccc(-c2ccc3c(c2)N(C)c2c(C)cccc2N3C)c(C)c1. The van der Waals surface area contributed by atoms with Crippen molar-refractivity contribution in [3.8, 4) is 16.9 Å². The number of benzene rings is 3. The van der Waals surface area contributed by atoms with Crippen LogP contribution in [0.4, 0.5) is 22.7 Å². The molecule has 3 nitrogen and oxygen atoms in total. The van der Waals surface area contributed by atoms with Crippen molar-refractivity contribution < 1.29 is 4.74 Å². The Balaban J connectivity index is 1.85. The first kappa shape index (κ1) is 16.5. The molecule has 0 unspecified atom stereocenters. The minimum atomic E-state index is 0.894. The van der Waals surface area contributed by atoms with E-state index in [-0.39, 0.29) is 0 Å². The van der Waals surface area contributed by atoms with Crippen LogP contribution in [-0.2, 0) is 0 Å². The lowest BCUT2D eigenvalue weighted by Crippen LogP contribution is -2.25. The molecule has 1 aliphatic rings. The van der Waals surface area contributed by atoms with Crippen molar-refractivity contribution in [3.05, 3.63) is 65.7 Å². The number of rotatable bonds is 2. The van der Waals surface area contributed by atoms with Crippen LogP contribution in [0.5, 0.6) is 5.75 Å². The highest BCUT2D eigenvalue weighted by atomic mass is 16.5. The summed E-state index contributed by atoms with van der Waals surface area (Å²) in [7, 11) is 6.00. The number of fused-ring (bicyclic) bond motifs is 2. The second-order valence-corrected chi connectivity index (χ2v) is 6.95. The predicted octanol–water partition coefficient (Wildman–Crippen LogP) is 5.83. The summed E-state index contributed by atoms with van der Waals surface area (Å²) in [6, 6.07) is 19.4. The second kappa shape index (κ2) is 6.10. The number of hydrogen-bond acceptors (Lipinski definition) is 3. The van der Waals surface area contributed by atoms with Crippen LogP contribution in [-0.4, -0.2) is 21.2 Å². The molecule has 3 heteroatoms. The smallest absolute Gasteiger partial charge is 0.119 e. The number of methoxy groups -OCH3 is 1. The summed E-state index contributed by atoms with van der Waals surface area (Å²) < 4.78 is 5.34. The molecule has 0 radical (unpaired) electrons. The number of para-hydroxylation sites is 1. The van der Waals surface area contributed by atoms with Gasteiger partial charge in [-0.3, -0.25) is 0 Å². The fourth-order valence-corrected chi connectivity index (χ4v) is 3.93. The summed E-state index contributed by atoms with van der Waals surface area (Å²) in [5.41, 5.74) is 9.92. The molecule has 3 aromatic rings. The molecule has 0 fully saturated rings. The van der Waals surface area contributed by atoms with Gasteiger partial charge < -0.3 is 14.5 Å². The minimum Gasteiger partial charge on any atom is -0.497 e. The van der Waals surface area contributed by atoms with Gasteiger partial charge in [-0.15, -0.1) is 0 Å². The van der Waals surface area contributed by atoms with E-state index >= 15 is 0 Å². The lowest BCUT2D eigenvalue weighted by atomic mass is 9.97. The molecular formula is C23H24N2O. The van der Waals surface area contributed by atoms with Crippen LogP contribution < -0.4 is 14.5 Å². The van der Waals surface area contributed by atoms with E-state index in [0.29, 0.717) is 0 Å². The maximum absolute atomic E-state index is 5.34. The van der Waals surface area contributed by atoms with Crippen molar-refractivity contribution in [1.29, 1.82) is 0 Å². The summed E-state index contributed by atoms with van der Waals surface area (Å²) in [4.78, 5) is 4.59. The number of hydrogen-bond donors (Lipinski definition) is 0. The van der Waals surface area contributed by atoms with Gasteiger partial charge in [-0.2, -0.15) is 0 Å². The van der Waals surface area contributed by atoms with Gasteiger partial charge in [0.2, 0.25) is 0 Å². The first-order valence-electron chi connectivity index (χ1n) is 8.87. The monoisotopic (exact) mass is 344 g/mol. The lowest BCUT2D eigenvalue weighted by Gasteiger charge is -2.37. The highest BCUT2D eigenvalue weighted by Crippen LogP contribution is 2.48. The van der Waals surface area contributed by atoms with Crippen molar-refractivity contribution in [2.75, 3.05) is 31.0 Å². The molecule has 0 amide bonds. The van der Waals surface area contributed by atoms with E-state index in [2.05, 4.69) is 86.3 Å². The van der Waals surface area contributed by atoms with Gasteiger partial charge >= 0.3 is 0 Å². The molecule has 132 valence electrons. The van der Waals surface area contributed by atoms with E-state index in [4.69, 9.17) is 4.74 Å². The molecular weight excluding hydrogens is 320 g/mol. The topological polar surface area (TPSA) is 15.7 Å². The largest absolute Gasteiger partial charge is 0.497 e. The summed E-state index contributed by atoms with van der Waals surface area (Å²) in [6.07, 6.45) is 0. The zero-order valence-electron chi connectivity index (χ0n) is 16.0. The van der Waals surface area contributed by atoms with Crippen LogP contribution in [0.2, 0.25) is 0 Å². The van der Waals surface area contributed by atoms with Gasteiger partial charge in [0, 0.05) is 14.1 Å². The van der Waals surface area contributed by atoms with Crippen LogP contribution >= 0.6 is 0 Å². The highest BCUT2D eigenvalue weighted by Gasteiger charge is 2.25. The van der Waals surface area contributed by atoms with Gasteiger partial charge in [0.25, 0.3) is 0 Å². The third-order valence-electron chi connectivity index (χ3n) is 5.36. The van der Waals surface area contributed by atoms with Crippen LogP contribution in [0, 0.1) is 13.8 Å². The van der Waals surface area contributed by atoms with Crippen molar-refractivity contribution >= 4 is 22.7 Å². The number of anilines is 4. The van der Waals surface area contributed by atoms with Crippen LogP contribution in [0.25, 0.3) is 11.1 Å². The molecule has 1 heterocycles. The van der Waals surface area contributed by atoms with E-state index in [0.717, 1.165) is 5.75 Å². The van der Waals surface area contributed by atoms with Crippen LogP contribution in [0.15, 0.2) is 54.6 Å². The predicted molar refractivity (Wildman–Crippen MR) is 110 cm³/mol. The van der Waals surface area contributed by atoms with E-state index in [1.807, 2.05) is 6.07 Å². The van der Waals surface area contributed by atoms with E-state index in [9.17, 15) is 0 Å². The van der Waals surface area contributed by atoms with Gasteiger partial charge in [-0.05, 0) is 66.4 Å². The molecule has 0 saturated heterocycles. The first-order chi connectivity index (χ1) is 12.5. The molecule has 0 aromatic heterocycles. The van der Waals surface area contributed by atoms with Gasteiger partial charge in [0.15, 0.2) is 0 Å². The fraction of sp³-hybridized carbons (Fsp3) is 0.217. The molecule has 1 aliphatic heterocycles. The Hall–Kier alpha value is -2.94. The van der Waals surface area contributed by atoms with E-state index in [1.54, 1.807) is 7.11 Å². The minimum absolute atomic E-state index is 0.894. The maximum Gasteiger partial charge on any atom is 0.119 e. The van der Waals surface area contributed by atoms with Crippen molar-refractivity contribution in [1.82, 2.24) is 0 Å². The van der Waals surface area contributed by atoms with Gasteiger partial charge in [0.05, 0.1) is 29.9 Å². The van der Waals surface area contributed by atoms with E-state index < -0.39 is 0 Å². The van der Waals surface area contributed by atoms with Gasteiger partial charge in [-0.25, -0.2) is 0 Å². The average molecular weight is 344 g/mol. The Labute approximate surface area is 155 Å². The van der Waals surface area contributed by atoms with Gasteiger partial charge in [-0.1, -0.05) is 24.3 Å². The Morgan fingerprint density at radius 2 is 1.54 bits per heavy atom. The lowest BCUT2D eigenvalue weighted by molar-refractivity contribution is 0.414. The molecule has 0 N–H and O–H groups in total. The average Bonchev–Trinajstić information content (AvgIpc) is 2.65. The van der Waals surface area contributed by atoms with Gasteiger partial charge in [0.1, 0.15) is 5.75 Å². The normalized spacial score (nSPS) is 12.7. The van der Waals surface area contributed by atoms with Crippen LogP contribution in [0.1, 0.15) is 11.1 Å². The molecule has 0 atom stereocenters. The molecule has 0 saturated carbocycles. The molecule has 4 rings (SSSR count). The molecule has 0 aliphatic carbocycles. The molecule has 0 bridgehead atoms. The third-order valence-corrected chi connectivity index (χ3v) is 5.36. The Bertz CT molecular complexity index is 993. The molecule has 26 heavy (non-hydrogen) atoms. The Kier molecular flexibility index (Phi) is 3.87. The Morgan fingerprint density at radius 3 is 2.27 bits per heavy atom. The summed E-state index contributed by atoms with van der Waals surface area (Å²) in [5.74, 6) is 0.894. The maximum atomic E-state index is 5.34. The zero-order valence-corrected chi connectivity index (χ0v) is 16.0. The van der Waals surface area contributed by atoms with Crippen LogP contribution in [0.3, 0.4) is 0 Å². The Morgan fingerprint density at radius 1 is 0.731 bits per heavy atom.